The summed E-state index contributed by atoms with van der Waals surface area (Å²) in [6, 6.07) is 11.1. The van der Waals surface area contributed by atoms with Crippen LogP contribution in [0.1, 0.15) is 46.6 Å². The molecule has 1 atom stereocenters. The quantitative estimate of drug-likeness (QED) is 0.649. The minimum atomic E-state index is -0.419. The Balaban J connectivity index is 1.46. The standard InChI is InChI=1S/C23H28N4O3S/c1-16-8-10-26(11-9-16)19(20-7-4-12-31-20)13-24-22(29)18-6-3-2-5-17(18)15-27-21(28)14-25-23(27)30/h2-7,12,16,19H,8-11,13-15H2,1H3,(H,24,29)(H,25,30)/t19-/m0/s1. The number of nitrogens with zero attached hydrogens (tertiary/aromatic N) is 2. The highest BCUT2D eigenvalue weighted by molar-refractivity contribution is 7.10. The summed E-state index contributed by atoms with van der Waals surface area (Å²) in [5.74, 6) is 0.277. The average Bonchev–Trinajstić information content (AvgIpc) is 3.41. The van der Waals surface area contributed by atoms with Crippen LogP contribution in [-0.4, -0.2) is 53.8 Å². The van der Waals surface area contributed by atoms with Crippen molar-refractivity contribution in [1.29, 1.82) is 0 Å². The number of piperidine rings is 1. The summed E-state index contributed by atoms with van der Waals surface area (Å²) >= 11 is 1.72. The van der Waals surface area contributed by atoms with Gasteiger partial charge in [0.25, 0.3) is 5.91 Å². The van der Waals surface area contributed by atoms with Gasteiger partial charge < -0.3 is 10.6 Å². The van der Waals surface area contributed by atoms with Gasteiger partial charge in [-0.1, -0.05) is 31.2 Å². The zero-order valence-corrected chi connectivity index (χ0v) is 18.5. The van der Waals surface area contributed by atoms with E-state index in [1.807, 2.05) is 6.07 Å². The van der Waals surface area contributed by atoms with Gasteiger partial charge in [-0.25, -0.2) is 4.79 Å². The molecule has 2 aliphatic rings. The number of imide groups is 1. The molecule has 0 bridgehead atoms. The molecule has 0 aliphatic carbocycles. The molecule has 3 heterocycles. The number of carbonyl (C=O) groups excluding carboxylic acids is 3. The summed E-state index contributed by atoms with van der Waals surface area (Å²) in [5.41, 5.74) is 1.15. The molecule has 2 aromatic rings. The van der Waals surface area contributed by atoms with E-state index in [9.17, 15) is 14.4 Å². The van der Waals surface area contributed by atoms with Gasteiger partial charge in [-0.2, -0.15) is 0 Å². The van der Waals surface area contributed by atoms with Crippen LogP contribution in [0.5, 0.6) is 0 Å². The largest absolute Gasteiger partial charge is 0.350 e. The number of rotatable bonds is 7. The van der Waals surface area contributed by atoms with E-state index in [1.165, 1.54) is 17.7 Å². The number of urea groups is 1. The number of amides is 4. The SMILES string of the molecule is CC1CCN([C@@H](CNC(=O)c2ccccc2CN2C(=O)CNC2=O)c2cccs2)CC1. The van der Waals surface area contributed by atoms with Crippen LogP contribution in [0.4, 0.5) is 4.79 Å². The topological polar surface area (TPSA) is 81.8 Å². The predicted molar refractivity (Wildman–Crippen MR) is 120 cm³/mol. The Kier molecular flexibility index (Phi) is 6.67. The van der Waals surface area contributed by atoms with Crippen molar-refractivity contribution in [2.75, 3.05) is 26.2 Å². The summed E-state index contributed by atoms with van der Waals surface area (Å²) in [4.78, 5) is 41.8. The third-order valence-corrected chi connectivity index (χ3v) is 7.09. The highest BCUT2D eigenvalue weighted by Crippen LogP contribution is 2.29. The lowest BCUT2D eigenvalue weighted by Crippen LogP contribution is -2.41. The molecule has 31 heavy (non-hydrogen) atoms. The van der Waals surface area contributed by atoms with Crippen LogP contribution < -0.4 is 10.6 Å². The third-order valence-electron chi connectivity index (χ3n) is 6.11. The van der Waals surface area contributed by atoms with Gasteiger partial charge in [-0.05, 0) is 54.9 Å². The molecule has 2 saturated heterocycles. The number of hydrogen-bond acceptors (Lipinski definition) is 5. The zero-order valence-electron chi connectivity index (χ0n) is 17.7. The van der Waals surface area contributed by atoms with Crippen molar-refractivity contribution < 1.29 is 14.4 Å². The van der Waals surface area contributed by atoms with Crippen LogP contribution in [0.15, 0.2) is 41.8 Å². The molecule has 0 saturated carbocycles. The maximum absolute atomic E-state index is 13.1. The van der Waals surface area contributed by atoms with E-state index in [0.29, 0.717) is 17.7 Å². The fraction of sp³-hybridized carbons (Fsp3) is 0.435. The minimum Gasteiger partial charge on any atom is -0.350 e. The highest BCUT2D eigenvalue weighted by atomic mass is 32.1. The van der Waals surface area contributed by atoms with Crippen molar-refractivity contribution in [3.8, 4) is 0 Å². The molecular weight excluding hydrogens is 412 g/mol. The molecule has 2 fully saturated rings. The first-order chi connectivity index (χ1) is 15.0. The second-order valence-electron chi connectivity index (χ2n) is 8.26. The van der Waals surface area contributed by atoms with Crippen LogP contribution in [-0.2, 0) is 11.3 Å². The molecular formula is C23H28N4O3S. The first kappa shape index (κ1) is 21.5. The molecule has 0 radical (unpaired) electrons. The average molecular weight is 441 g/mol. The summed E-state index contributed by atoms with van der Waals surface area (Å²) in [6.45, 7) is 4.97. The molecule has 4 rings (SSSR count). The monoisotopic (exact) mass is 440 g/mol. The Hall–Kier alpha value is -2.71. The first-order valence-corrected chi connectivity index (χ1v) is 11.6. The van der Waals surface area contributed by atoms with Gasteiger partial charge in [0.2, 0.25) is 5.91 Å². The fourth-order valence-corrected chi connectivity index (χ4v) is 5.04. The lowest BCUT2D eigenvalue weighted by atomic mass is 9.97. The number of nitrogens with one attached hydrogen (secondary N) is 2. The Morgan fingerprint density at radius 1 is 1.19 bits per heavy atom. The van der Waals surface area contributed by atoms with E-state index in [0.717, 1.165) is 23.9 Å². The highest BCUT2D eigenvalue weighted by Gasteiger charge is 2.30. The smallest absolute Gasteiger partial charge is 0.324 e. The van der Waals surface area contributed by atoms with Gasteiger partial charge in [0.1, 0.15) is 0 Å². The van der Waals surface area contributed by atoms with Crippen LogP contribution in [0.25, 0.3) is 0 Å². The van der Waals surface area contributed by atoms with Crippen molar-refractivity contribution in [1.82, 2.24) is 20.4 Å². The summed E-state index contributed by atoms with van der Waals surface area (Å²) in [6.07, 6.45) is 2.34. The van der Waals surface area contributed by atoms with Gasteiger partial charge in [0.15, 0.2) is 0 Å². The van der Waals surface area contributed by atoms with E-state index in [1.54, 1.807) is 29.5 Å². The lowest BCUT2D eigenvalue weighted by molar-refractivity contribution is -0.125. The summed E-state index contributed by atoms with van der Waals surface area (Å²) in [5, 5.41) is 7.70. The zero-order chi connectivity index (χ0) is 21.8. The van der Waals surface area contributed by atoms with Crippen molar-refractivity contribution in [3.05, 3.63) is 57.8 Å². The maximum Gasteiger partial charge on any atom is 0.324 e. The number of likely N-dealkylation sites (tertiary alicyclic amines) is 1. The number of benzene rings is 1. The molecule has 2 N–H and O–H groups in total. The Labute approximate surface area is 186 Å². The summed E-state index contributed by atoms with van der Waals surface area (Å²) < 4.78 is 0. The fourth-order valence-electron chi connectivity index (χ4n) is 4.18. The van der Waals surface area contributed by atoms with Crippen molar-refractivity contribution in [3.63, 3.8) is 0 Å². The van der Waals surface area contributed by atoms with Crippen molar-refractivity contribution >= 4 is 29.2 Å². The molecule has 1 aromatic heterocycles. The van der Waals surface area contributed by atoms with Crippen LogP contribution in [0.2, 0.25) is 0 Å². The van der Waals surface area contributed by atoms with E-state index in [4.69, 9.17) is 0 Å². The van der Waals surface area contributed by atoms with Crippen molar-refractivity contribution in [2.24, 2.45) is 5.92 Å². The molecule has 2 aliphatic heterocycles. The van der Waals surface area contributed by atoms with Crippen LogP contribution in [0.3, 0.4) is 0 Å². The minimum absolute atomic E-state index is 0.00411. The molecule has 0 unspecified atom stereocenters. The second kappa shape index (κ2) is 9.62. The molecule has 7 nitrogen and oxygen atoms in total. The van der Waals surface area contributed by atoms with Gasteiger partial charge in [-0.3, -0.25) is 19.4 Å². The van der Waals surface area contributed by atoms with E-state index in [2.05, 4.69) is 40.0 Å². The normalized spacial score (nSPS) is 18.8. The lowest BCUT2D eigenvalue weighted by Gasteiger charge is -2.36. The Bertz CT molecular complexity index is 922. The van der Waals surface area contributed by atoms with Crippen LogP contribution in [0, 0.1) is 5.92 Å². The number of carbonyl (C=O) groups is 3. The Morgan fingerprint density at radius 3 is 2.65 bits per heavy atom. The van der Waals surface area contributed by atoms with E-state index >= 15 is 0 Å². The summed E-state index contributed by atoms with van der Waals surface area (Å²) in [7, 11) is 0. The van der Waals surface area contributed by atoms with Crippen molar-refractivity contribution in [2.45, 2.75) is 32.4 Å². The van der Waals surface area contributed by atoms with Gasteiger partial charge in [0, 0.05) is 17.0 Å². The Morgan fingerprint density at radius 2 is 1.97 bits per heavy atom. The van der Waals surface area contributed by atoms with E-state index in [-0.39, 0.29) is 30.9 Å². The molecule has 4 amide bonds. The molecule has 1 aromatic carbocycles. The molecule has 164 valence electrons. The number of thiophene rings is 1. The molecule has 8 heteroatoms. The third kappa shape index (κ3) is 4.97. The van der Waals surface area contributed by atoms with Gasteiger partial charge in [-0.15, -0.1) is 11.3 Å². The van der Waals surface area contributed by atoms with Crippen LogP contribution >= 0.6 is 11.3 Å². The number of hydrogen-bond donors (Lipinski definition) is 2. The van der Waals surface area contributed by atoms with E-state index < -0.39 is 6.03 Å². The van der Waals surface area contributed by atoms with Gasteiger partial charge in [0.05, 0.1) is 19.1 Å². The first-order valence-electron chi connectivity index (χ1n) is 10.7. The molecule has 0 spiro atoms. The predicted octanol–water partition coefficient (Wildman–Crippen LogP) is 3.00. The van der Waals surface area contributed by atoms with Gasteiger partial charge >= 0.3 is 6.03 Å². The maximum atomic E-state index is 13.1. The second-order valence-corrected chi connectivity index (χ2v) is 9.23.